The van der Waals surface area contributed by atoms with E-state index in [1.807, 2.05) is 0 Å². The molecule has 0 bridgehead atoms. The molecule has 0 aliphatic rings. The Labute approximate surface area is 158 Å². The standard InChI is InChI=1S/C15H14O11S2/c1-27(22,23)14(7-4-11(18)8(15(20)21)5-10(7)17)9-2-6(16)3-12(13(9)19)28(24,25)26/h2-5,14,16-19H,1H3,(H,20,21)(H,24,25,26). The molecule has 1 atom stereocenters. The van der Waals surface area contributed by atoms with Crippen molar-refractivity contribution in [3.63, 3.8) is 0 Å². The summed E-state index contributed by atoms with van der Waals surface area (Å²) in [6, 6.07) is 2.32. The van der Waals surface area contributed by atoms with Crippen LogP contribution in [0.15, 0.2) is 29.2 Å². The summed E-state index contributed by atoms with van der Waals surface area (Å²) in [6.45, 7) is 0. The van der Waals surface area contributed by atoms with E-state index < -0.39 is 75.8 Å². The number of aromatic hydroxyl groups is 4. The molecule has 2 aromatic carbocycles. The zero-order valence-electron chi connectivity index (χ0n) is 13.9. The van der Waals surface area contributed by atoms with Gasteiger partial charge in [0.2, 0.25) is 0 Å². The minimum Gasteiger partial charge on any atom is -0.508 e. The van der Waals surface area contributed by atoms with Gasteiger partial charge >= 0.3 is 5.97 Å². The molecule has 11 nitrogen and oxygen atoms in total. The van der Waals surface area contributed by atoms with Gasteiger partial charge < -0.3 is 25.5 Å². The van der Waals surface area contributed by atoms with Crippen LogP contribution in [0.4, 0.5) is 0 Å². The largest absolute Gasteiger partial charge is 0.508 e. The van der Waals surface area contributed by atoms with Crippen molar-refractivity contribution in [1.29, 1.82) is 0 Å². The van der Waals surface area contributed by atoms with Gasteiger partial charge in [-0.25, -0.2) is 13.2 Å². The second-order valence-corrected chi connectivity index (χ2v) is 9.32. The molecule has 0 spiro atoms. The number of carboxylic acid groups (broad SMARTS) is 1. The Morgan fingerprint density at radius 1 is 0.893 bits per heavy atom. The number of benzene rings is 2. The molecule has 2 rings (SSSR count). The Hall–Kier alpha value is -3.03. The molecular formula is C15H14O11S2. The monoisotopic (exact) mass is 434 g/mol. The third-order valence-electron chi connectivity index (χ3n) is 3.74. The van der Waals surface area contributed by atoms with Crippen LogP contribution in [0, 0.1) is 0 Å². The highest BCUT2D eigenvalue weighted by atomic mass is 32.2. The maximum Gasteiger partial charge on any atom is 0.339 e. The van der Waals surface area contributed by atoms with Crippen molar-refractivity contribution in [2.75, 3.05) is 6.26 Å². The lowest BCUT2D eigenvalue weighted by molar-refractivity contribution is 0.0693. The Morgan fingerprint density at radius 3 is 1.93 bits per heavy atom. The van der Waals surface area contributed by atoms with Gasteiger partial charge in [-0.1, -0.05) is 0 Å². The van der Waals surface area contributed by atoms with Crippen LogP contribution in [0.3, 0.4) is 0 Å². The highest BCUT2D eigenvalue weighted by Crippen LogP contribution is 2.44. The Kier molecular flexibility index (Phi) is 5.20. The van der Waals surface area contributed by atoms with Crippen molar-refractivity contribution in [2.45, 2.75) is 10.1 Å². The first-order chi connectivity index (χ1) is 12.6. The molecule has 2 aromatic rings. The third-order valence-corrected chi connectivity index (χ3v) is 5.97. The predicted molar refractivity (Wildman–Crippen MR) is 93.0 cm³/mol. The molecule has 0 aliphatic heterocycles. The van der Waals surface area contributed by atoms with Gasteiger partial charge in [0.15, 0.2) is 9.84 Å². The van der Waals surface area contributed by atoms with Crippen molar-refractivity contribution in [2.24, 2.45) is 0 Å². The molecule has 0 aliphatic carbocycles. The SMILES string of the molecule is CS(=O)(=O)C(c1cc(O)c(C(=O)O)cc1O)c1cc(O)cc(S(=O)(=O)O)c1O. The smallest absolute Gasteiger partial charge is 0.339 e. The molecule has 0 amide bonds. The quantitative estimate of drug-likeness (QED) is 0.283. The molecule has 6 N–H and O–H groups in total. The van der Waals surface area contributed by atoms with Crippen molar-refractivity contribution in [1.82, 2.24) is 0 Å². The predicted octanol–water partition coefficient (Wildman–Crippen LogP) is 0.588. The van der Waals surface area contributed by atoms with Gasteiger partial charge in [0.1, 0.15) is 38.7 Å². The van der Waals surface area contributed by atoms with Gasteiger partial charge in [-0.05, 0) is 18.2 Å². The first-order valence-electron chi connectivity index (χ1n) is 7.16. The molecule has 0 fully saturated rings. The van der Waals surface area contributed by atoms with E-state index in [0.29, 0.717) is 30.5 Å². The van der Waals surface area contributed by atoms with E-state index in [4.69, 9.17) is 9.66 Å². The summed E-state index contributed by atoms with van der Waals surface area (Å²) >= 11 is 0. The summed E-state index contributed by atoms with van der Waals surface area (Å²) in [7, 11) is -9.38. The zero-order chi connectivity index (χ0) is 21.6. The number of hydrogen-bond acceptors (Lipinski definition) is 9. The average Bonchev–Trinajstić information content (AvgIpc) is 2.50. The fourth-order valence-corrected chi connectivity index (χ4v) is 4.54. The summed E-state index contributed by atoms with van der Waals surface area (Å²) in [5.74, 6) is -5.49. The van der Waals surface area contributed by atoms with E-state index in [2.05, 4.69) is 0 Å². The summed E-state index contributed by atoms with van der Waals surface area (Å²) in [4.78, 5) is 9.83. The van der Waals surface area contributed by atoms with E-state index in [9.17, 15) is 42.1 Å². The highest BCUT2D eigenvalue weighted by molar-refractivity contribution is 7.91. The van der Waals surface area contributed by atoms with Crippen molar-refractivity contribution in [3.8, 4) is 23.0 Å². The maximum absolute atomic E-state index is 12.3. The molecule has 152 valence electrons. The topological polar surface area (TPSA) is 207 Å². The Bertz CT molecular complexity index is 1180. The number of hydrogen-bond donors (Lipinski definition) is 6. The number of carboxylic acids is 1. The van der Waals surface area contributed by atoms with Gasteiger partial charge in [-0.3, -0.25) is 4.55 Å². The number of carbonyl (C=O) groups is 1. The Morgan fingerprint density at radius 2 is 1.46 bits per heavy atom. The van der Waals surface area contributed by atoms with E-state index >= 15 is 0 Å². The molecule has 0 radical (unpaired) electrons. The summed E-state index contributed by atoms with van der Waals surface area (Å²) in [5, 5.41) is 46.7. The minimum absolute atomic E-state index is 0.471. The lowest BCUT2D eigenvalue weighted by atomic mass is 9.99. The molecule has 13 heteroatoms. The van der Waals surface area contributed by atoms with Crippen LogP contribution in [0.1, 0.15) is 26.7 Å². The van der Waals surface area contributed by atoms with E-state index in [1.165, 1.54) is 0 Å². The molecule has 0 aromatic heterocycles. The summed E-state index contributed by atoms with van der Waals surface area (Å²) in [5.41, 5.74) is -2.09. The van der Waals surface area contributed by atoms with Gasteiger partial charge in [0, 0.05) is 23.4 Å². The van der Waals surface area contributed by atoms with Crippen LogP contribution >= 0.6 is 0 Å². The minimum atomic E-state index is -5.07. The van der Waals surface area contributed by atoms with E-state index in [0.717, 1.165) is 0 Å². The molecule has 1 unspecified atom stereocenters. The molecule has 0 heterocycles. The Balaban J connectivity index is 2.92. The number of phenols is 4. The van der Waals surface area contributed by atoms with Crippen molar-refractivity contribution in [3.05, 3.63) is 41.0 Å². The lowest BCUT2D eigenvalue weighted by Gasteiger charge is -2.20. The summed E-state index contributed by atoms with van der Waals surface area (Å²) in [6.07, 6.45) is 0.649. The van der Waals surface area contributed by atoms with Crippen LogP contribution in [0.5, 0.6) is 23.0 Å². The van der Waals surface area contributed by atoms with Crippen molar-refractivity contribution >= 4 is 25.9 Å². The lowest BCUT2D eigenvalue weighted by Crippen LogP contribution is -2.15. The average molecular weight is 434 g/mol. The summed E-state index contributed by atoms with van der Waals surface area (Å²) < 4.78 is 56.6. The van der Waals surface area contributed by atoms with Gasteiger partial charge in [-0.2, -0.15) is 8.42 Å². The van der Waals surface area contributed by atoms with E-state index in [1.54, 1.807) is 0 Å². The molecule has 0 saturated heterocycles. The first kappa shape index (κ1) is 21.3. The third kappa shape index (κ3) is 3.95. The van der Waals surface area contributed by atoms with Crippen LogP contribution in [0.2, 0.25) is 0 Å². The molecular weight excluding hydrogens is 420 g/mol. The number of rotatable bonds is 5. The van der Waals surface area contributed by atoms with Gasteiger partial charge in [-0.15, -0.1) is 0 Å². The first-order valence-corrected chi connectivity index (χ1v) is 10.6. The van der Waals surface area contributed by atoms with Crippen LogP contribution < -0.4 is 0 Å². The van der Waals surface area contributed by atoms with Gasteiger partial charge in [0.05, 0.1) is 0 Å². The highest BCUT2D eigenvalue weighted by Gasteiger charge is 2.34. The van der Waals surface area contributed by atoms with Crippen LogP contribution in [-0.2, 0) is 20.0 Å². The van der Waals surface area contributed by atoms with Crippen LogP contribution in [0.25, 0.3) is 0 Å². The number of sulfone groups is 1. The molecule has 28 heavy (non-hydrogen) atoms. The fraction of sp³-hybridized carbons (Fsp3) is 0.133. The van der Waals surface area contributed by atoms with Crippen LogP contribution in [-0.4, -0.2) is 59.1 Å². The van der Waals surface area contributed by atoms with E-state index in [-0.39, 0.29) is 0 Å². The second-order valence-electron chi connectivity index (χ2n) is 5.80. The molecule has 0 saturated carbocycles. The number of aromatic carboxylic acids is 1. The second kappa shape index (κ2) is 6.85. The normalized spacial score (nSPS) is 13.2. The van der Waals surface area contributed by atoms with Crippen molar-refractivity contribution < 1.29 is 51.7 Å². The number of phenolic OH excluding ortho intramolecular Hbond substituents is 3. The fourth-order valence-electron chi connectivity index (χ4n) is 2.61. The maximum atomic E-state index is 12.3. The van der Waals surface area contributed by atoms with Gasteiger partial charge in [0.25, 0.3) is 10.1 Å². The zero-order valence-corrected chi connectivity index (χ0v) is 15.6.